The van der Waals surface area contributed by atoms with Crippen molar-refractivity contribution in [2.24, 2.45) is 11.8 Å². The lowest BCUT2D eigenvalue weighted by atomic mass is 9.78. The van der Waals surface area contributed by atoms with Gasteiger partial charge in [-0.25, -0.2) is 9.97 Å². The van der Waals surface area contributed by atoms with E-state index in [4.69, 9.17) is 4.74 Å². The van der Waals surface area contributed by atoms with Crippen molar-refractivity contribution in [3.63, 3.8) is 0 Å². The van der Waals surface area contributed by atoms with Gasteiger partial charge in [0.05, 0.1) is 6.61 Å². The molecule has 1 fully saturated rings. The fourth-order valence-corrected chi connectivity index (χ4v) is 6.20. The summed E-state index contributed by atoms with van der Waals surface area (Å²) in [6, 6.07) is 8.31. The van der Waals surface area contributed by atoms with Crippen LogP contribution in [-0.4, -0.2) is 16.6 Å². The molecule has 1 aromatic carbocycles. The Morgan fingerprint density at radius 3 is 1.72 bits per heavy atom. The highest BCUT2D eigenvalue weighted by Crippen LogP contribution is 2.34. The third kappa shape index (κ3) is 13.3. The van der Waals surface area contributed by atoms with Gasteiger partial charge in [-0.2, -0.15) is 0 Å². The summed E-state index contributed by atoms with van der Waals surface area (Å²) in [5, 5.41) is 0. The number of aromatic nitrogens is 2. The van der Waals surface area contributed by atoms with Crippen LogP contribution in [0.3, 0.4) is 0 Å². The monoisotopic (exact) mass is 534 g/mol. The molecule has 2 aromatic rings. The molecule has 0 N–H and O–H groups in total. The van der Waals surface area contributed by atoms with Crippen molar-refractivity contribution in [1.82, 2.24) is 9.97 Å². The van der Waals surface area contributed by atoms with Crippen LogP contribution in [0.2, 0.25) is 0 Å². The lowest BCUT2D eigenvalue weighted by Gasteiger charge is -2.28. The SMILES string of the molecule is CCCCCCCCCc1cnc(-c2ccc(OCCCC3CCC(CCCCCCCC)CC3)cc2)nc1. The van der Waals surface area contributed by atoms with E-state index < -0.39 is 0 Å². The van der Waals surface area contributed by atoms with Crippen LogP contribution < -0.4 is 4.74 Å². The van der Waals surface area contributed by atoms with Crippen LogP contribution in [0.25, 0.3) is 11.4 Å². The Labute approximate surface area is 241 Å². The van der Waals surface area contributed by atoms with Crippen LogP contribution in [0.1, 0.15) is 148 Å². The van der Waals surface area contributed by atoms with Gasteiger partial charge >= 0.3 is 0 Å². The van der Waals surface area contributed by atoms with E-state index >= 15 is 0 Å². The molecule has 0 amide bonds. The highest BCUT2D eigenvalue weighted by molar-refractivity contribution is 5.55. The van der Waals surface area contributed by atoms with Crippen molar-refractivity contribution < 1.29 is 4.74 Å². The molecule has 1 heterocycles. The molecule has 0 radical (unpaired) electrons. The highest BCUT2D eigenvalue weighted by atomic mass is 16.5. The second kappa shape index (κ2) is 20.0. The molecule has 0 aliphatic heterocycles. The van der Waals surface area contributed by atoms with Crippen molar-refractivity contribution in [2.75, 3.05) is 6.61 Å². The molecule has 3 rings (SSSR count). The summed E-state index contributed by atoms with van der Waals surface area (Å²) < 4.78 is 6.07. The van der Waals surface area contributed by atoms with E-state index in [0.717, 1.165) is 48.4 Å². The summed E-state index contributed by atoms with van der Waals surface area (Å²) in [6.45, 7) is 5.39. The van der Waals surface area contributed by atoms with E-state index in [9.17, 15) is 0 Å². The van der Waals surface area contributed by atoms with Gasteiger partial charge in [0.25, 0.3) is 0 Å². The second-order valence-corrected chi connectivity index (χ2v) is 12.2. The van der Waals surface area contributed by atoms with E-state index in [-0.39, 0.29) is 0 Å². The number of benzene rings is 1. The Bertz CT molecular complexity index is 839. The fourth-order valence-electron chi connectivity index (χ4n) is 6.20. The number of ether oxygens (including phenoxy) is 1. The van der Waals surface area contributed by atoms with Crippen LogP contribution >= 0.6 is 0 Å². The molecule has 0 atom stereocenters. The second-order valence-electron chi connectivity index (χ2n) is 12.2. The molecule has 3 heteroatoms. The lowest BCUT2D eigenvalue weighted by molar-refractivity contribution is 0.228. The summed E-state index contributed by atoms with van der Waals surface area (Å²) in [7, 11) is 0. The van der Waals surface area contributed by atoms with E-state index in [0.29, 0.717) is 0 Å². The zero-order valence-electron chi connectivity index (χ0n) is 25.5. The van der Waals surface area contributed by atoms with Gasteiger partial charge in [0.15, 0.2) is 5.82 Å². The summed E-state index contributed by atoms with van der Waals surface area (Å²) in [5.41, 5.74) is 2.31. The lowest BCUT2D eigenvalue weighted by Crippen LogP contribution is -2.15. The first-order valence-corrected chi connectivity index (χ1v) is 16.8. The summed E-state index contributed by atoms with van der Waals surface area (Å²) >= 11 is 0. The third-order valence-electron chi connectivity index (χ3n) is 8.84. The Balaban J connectivity index is 1.24. The van der Waals surface area contributed by atoms with Crippen LogP contribution in [-0.2, 0) is 6.42 Å². The van der Waals surface area contributed by atoms with E-state index in [1.807, 2.05) is 12.4 Å². The van der Waals surface area contributed by atoms with Gasteiger partial charge in [-0.15, -0.1) is 0 Å². The Hall–Kier alpha value is -1.90. The predicted octanol–water partition coefficient (Wildman–Crippen LogP) is 11.2. The maximum atomic E-state index is 6.07. The average molecular weight is 535 g/mol. The molecule has 1 aromatic heterocycles. The first-order valence-electron chi connectivity index (χ1n) is 16.8. The molecule has 1 saturated carbocycles. The number of unbranched alkanes of at least 4 members (excludes halogenated alkanes) is 11. The zero-order valence-corrected chi connectivity index (χ0v) is 25.5. The van der Waals surface area contributed by atoms with Gasteiger partial charge in [-0.05, 0) is 67.3 Å². The molecule has 3 nitrogen and oxygen atoms in total. The Morgan fingerprint density at radius 2 is 1.13 bits per heavy atom. The van der Waals surface area contributed by atoms with Crippen LogP contribution in [0, 0.1) is 11.8 Å². The molecule has 0 saturated heterocycles. The van der Waals surface area contributed by atoms with Gasteiger partial charge < -0.3 is 4.74 Å². The molecule has 0 bridgehead atoms. The topological polar surface area (TPSA) is 35.0 Å². The van der Waals surface area contributed by atoms with E-state index in [1.54, 1.807) is 0 Å². The number of nitrogens with zero attached hydrogens (tertiary/aromatic N) is 2. The molecule has 1 aliphatic rings. The minimum absolute atomic E-state index is 0.803. The standard InChI is InChI=1S/C36H58N2O/c1-3-5-7-9-11-13-15-18-33-29-37-36(38-30-33)34-24-26-35(27-25-34)39-28-16-19-32-22-20-31(21-23-32)17-14-12-10-8-6-4-2/h24-27,29-32H,3-23,28H2,1-2H3. The summed E-state index contributed by atoms with van der Waals surface area (Å²) in [4.78, 5) is 9.26. The number of rotatable bonds is 21. The first kappa shape index (κ1) is 31.6. The van der Waals surface area contributed by atoms with Gasteiger partial charge in [0.2, 0.25) is 0 Å². The van der Waals surface area contributed by atoms with Crippen LogP contribution in [0.4, 0.5) is 0 Å². The van der Waals surface area contributed by atoms with Crippen molar-refractivity contribution in [2.45, 2.75) is 149 Å². The minimum atomic E-state index is 0.803. The van der Waals surface area contributed by atoms with E-state index in [2.05, 4.69) is 48.1 Å². The van der Waals surface area contributed by atoms with Crippen molar-refractivity contribution in [1.29, 1.82) is 0 Å². The largest absolute Gasteiger partial charge is 0.494 e. The normalized spacial score (nSPS) is 17.4. The molecule has 0 unspecified atom stereocenters. The van der Waals surface area contributed by atoms with Crippen molar-refractivity contribution >= 4 is 0 Å². The van der Waals surface area contributed by atoms with Crippen LogP contribution in [0.5, 0.6) is 5.75 Å². The van der Waals surface area contributed by atoms with Gasteiger partial charge in [-0.1, -0.05) is 123 Å². The molecule has 39 heavy (non-hydrogen) atoms. The summed E-state index contributed by atoms with van der Waals surface area (Å²) in [5.74, 6) is 3.68. The minimum Gasteiger partial charge on any atom is -0.494 e. The molecular weight excluding hydrogens is 476 g/mol. The maximum Gasteiger partial charge on any atom is 0.159 e. The summed E-state index contributed by atoms with van der Waals surface area (Å²) in [6.07, 6.45) is 32.8. The van der Waals surface area contributed by atoms with Gasteiger partial charge in [0.1, 0.15) is 5.75 Å². The van der Waals surface area contributed by atoms with Gasteiger partial charge in [-0.3, -0.25) is 0 Å². The fraction of sp³-hybridized carbons (Fsp3) is 0.722. The molecule has 0 spiro atoms. The van der Waals surface area contributed by atoms with Gasteiger partial charge in [0, 0.05) is 18.0 Å². The van der Waals surface area contributed by atoms with E-state index in [1.165, 1.54) is 128 Å². The van der Waals surface area contributed by atoms with Crippen molar-refractivity contribution in [3.05, 3.63) is 42.2 Å². The third-order valence-corrected chi connectivity index (χ3v) is 8.84. The Morgan fingerprint density at radius 1 is 0.615 bits per heavy atom. The quantitative estimate of drug-likeness (QED) is 0.149. The number of aryl methyl sites for hydroxylation is 1. The Kier molecular flexibility index (Phi) is 16.3. The molecule has 218 valence electrons. The molecular formula is C36H58N2O. The van der Waals surface area contributed by atoms with Crippen LogP contribution in [0.15, 0.2) is 36.7 Å². The number of hydrogen-bond acceptors (Lipinski definition) is 3. The maximum absolute atomic E-state index is 6.07. The highest BCUT2D eigenvalue weighted by Gasteiger charge is 2.20. The smallest absolute Gasteiger partial charge is 0.159 e. The zero-order chi connectivity index (χ0) is 27.4. The average Bonchev–Trinajstić information content (AvgIpc) is 2.98. The first-order chi connectivity index (χ1) is 19.3. The number of hydrogen-bond donors (Lipinski definition) is 0. The predicted molar refractivity (Wildman–Crippen MR) is 167 cm³/mol. The van der Waals surface area contributed by atoms with Crippen molar-refractivity contribution in [3.8, 4) is 17.1 Å². The molecule has 1 aliphatic carbocycles.